The number of benzene rings is 1. The van der Waals surface area contributed by atoms with Crippen molar-refractivity contribution in [3.05, 3.63) is 47.4 Å². The Bertz CT molecular complexity index is 1250. The third-order valence-electron chi connectivity index (χ3n) is 7.68. The van der Waals surface area contributed by atoms with Crippen molar-refractivity contribution in [2.45, 2.75) is 77.2 Å². The lowest BCUT2D eigenvalue weighted by Crippen LogP contribution is -2.36. The summed E-state index contributed by atoms with van der Waals surface area (Å²) in [5.74, 6) is 1.64. The summed E-state index contributed by atoms with van der Waals surface area (Å²) in [7, 11) is 0. The Balaban J connectivity index is 1.52. The van der Waals surface area contributed by atoms with Crippen LogP contribution in [0.1, 0.15) is 69.0 Å². The van der Waals surface area contributed by atoms with Crippen molar-refractivity contribution in [1.82, 2.24) is 19.4 Å². The highest BCUT2D eigenvalue weighted by Crippen LogP contribution is 2.36. The predicted octanol–water partition coefficient (Wildman–Crippen LogP) is 6.55. The molecule has 1 saturated carbocycles. The lowest BCUT2D eigenvalue weighted by molar-refractivity contribution is -0.137. The number of nitriles is 1. The highest BCUT2D eigenvalue weighted by Gasteiger charge is 2.34. The number of pyridine rings is 1. The molecule has 0 radical (unpaired) electrons. The zero-order valence-corrected chi connectivity index (χ0v) is 20.0. The van der Waals surface area contributed by atoms with Crippen molar-refractivity contribution in [2.75, 3.05) is 6.54 Å². The highest BCUT2D eigenvalue weighted by atomic mass is 19.4. The van der Waals surface area contributed by atoms with Gasteiger partial charge in [-0.25, -0.2) is 9.97 Å². The van der Waals surface area contributed by atoms with E-state index in [0.717, 1.165) is 35.9 Å². The van der Waals surface area contributed by atoms with Crippen LogP contribution in [0.2, 0.25) is 0 Å². The third-order valence-corrected chi connectivity index (χ3v) is 7.68. The molecule has 5 rings (SSSR count). The molecule has 0 spiro atoms. The molecular weight excluding hydrogens is 451 g/mol. The Kier molecular flexibility index (Phi) is 6.54. The summed E-state index contributed by atoms with van der Waals surface area (Å²) in [5, 5.41) is 9.81. The van der Waals surface area contributed by atoms with Gasteiger partial charge in [0.15, 0.2) is 5.69 Å². The van der Waals surface area contributed by atoms with Crippen LogP contribution in [0.4, 0.5) is 13.2 Å². The van der Waals surface area contributed by atoms with Crippen molar-refractivity contribution in [3.8, 4) is 17.3 Å². The number of aromatic nitrogens is 3. The van der Waals surface area contributed by atoms with Crippen LogP contribution in [-0.4, -0.2) is 32.0 Å². The van der Waals surface area contributed by atoms with Crippen molar-refractivity contribution in [1.29, 1.82) is 5.26 Å². The first kappa shape index (κ1) is 23.8. The number of rotatable bonds is 5. The van der Waals surface area contributed by atoms with Gasteiger partial charge in [0.05, 0.1) is 23.3 Å². The summed E-state index contributed by atoms with van der Waals surface area (Å²) in [5.41, 5.74) is 1.36. The van der Waals surface area contributed by atoms with E-state index in [0.29, 0.717) is 35.9 Å². The second kappa shape index (κ2) is 9.62. The molecule has 0 unspecified atom stereocenters. The van der Waals surface area contributed by atoms with Gasteiger partial charge in [-0.1, -0.05) is 31.4 Å². The number of imidazole rings is 1. The molecule has 3 aromatic rings. The predicted molar refractivity (Wildman–Crippen MR) is 128 cm³/mol. The van der Waals surface area contributed by atoms with E-state index in [1.165, 1.54) is 51.0 Å². The second-order valence-electron chi connectivity index (χ2n) is 9.76. The molecule has 1 atom stereocenters. The van der Waals surface area contributed by atoms with Crippen LogP contribution in [0, 0.1) is 17.2 Å². The number of nitrogens with zero attached hydrogens (tertiary/aromatic N) is 5. The minimum absolute atomic E-state index is 0.147. The normalized spacial score (nSPS) is 19.9. The molecule has 5 nitrogen and oxygen atoms in total. The number of hydrogen-bond acceptors (Lipinski definition) is 4. The van der Waals surface area contributed by atoms with Crippen molar-refractivity contribution >= 4 is 11.0 Å². The van der Waals surface area contributed by atoms with E-state index in [2.05, 4.69) is 20.5 Å². The van der Waals surface area contributed by atoms with Gasteiger partial charge in [-0.2, -0.15) is 18.4 Å². The van der Waals surface area contributed by atoms with Gasteiger partial charge in [0.1, 0.15) is 17.4 Å². The van der Waals surface area contributed by atoms with E-state index in [1.807, 2.05) is 6.92 Å². The SMILES string of the molecule is CCn1c(CN2CCC[C@@H]2C2CCCCC2)nc2c(C#N)nc(-c3cccc(C(F)(F)F)c3)cc21. The van der Waals surface area contributed by atoms with Gasteiger partial charge < -0.3 is 4.57 Å². The summed E-state index contributed by atoms with van der Waals surface area (Å²) in [6, 6.07) is 9.57. The molecule has 2 aliphatic rings. The van der Waals surface area contributed by atoms with Gasteiger partial charge in [-0.05, 0) is 63.3 Å². The van der Waals surface area contributed by atoms with Crippen LogP contribution in [0.5, 0.6) is 0 Å². The summed E-state index contributed by atoms with van der Waals surface area (Å²) >= 11 is 0. The van der Waals surface area contributed by atoms with Crippen LogP contribution in [0.15, 0.2) is 30.3 Å². The molecule has 8 heteroatoms. The lowest BCUT2D eigenvalue weighted by Gasteiger charge is -2.34. The Labute approximate surface area is 203 Å². The van der Waals surface area contributed by atoms with Gasteiger partial charge in [0.2, 0.25) is 0 Å². The molecule has 1 saturated heterocycles. The summed E-state index contributed by atoms with van der Waals surface area (Å²) in [6.07, 6.45) is 4.55. The number of hydrogen-bond donors (Lipinski definition) is 0. The maximum absolute atomic E-state index is 13.3. The maximum atomic E-state index is 13.3. The van der Waals surface area contributed by atoms with E-state index in [1.54, 1.807) is 12.1 Å². The van der Waals surface area contributed by atoms with E-state index in [9.17, 15) is 18.4 Å². The van der Waals surface area contributed by atoms with Gasteiger partial charge in [0, 0.05) is 18.2 Å². The highest BCUT2D eigenvalue weighted by molar-refractivity contribution is 5.85. The molecule has 3 heterocycles. The summed E-state index contributed by atoms with van der Waals surface area (Å²) in [6.45, 7) is 4.45. The minimum atomic E-state index is -4.44. The number of alkyl halides is 3. The zero-order valence-electron chi connectivity index (χ0n) is 20.0. The first-order chi connectivity index (χ1) is 16.9. The van der Waals surface area contributed by atoms with Crippen molar-refractivity contribution < 1.29 is 13.2 Å². The number of fused-ring (bicyclic) bond motifs is 1. The molecule has 1 aliphatic heterocycles. The fraction of sp³-hybridized carbons (Fsp3) is 0.519. The van der Waals surface area contributed by atoms with Crippen LogP contribution in [-0.2, 0) is 19.3 Å². The summed E-state index contributed by atoms with van der Waals surface area (Å²) < 4.78 is 41.9. The Morgan fingerprint density at radius 3 is 2.57 bits per heavy atom. The van der Waals surface area contributed by atoms with E-state index in [4.69, 9.17) is 4.98 Å². The van der Waals surface area contributed by atoms with Gasteiger partial charge in [-0.3, -0.25) is 4.90 Å². The van der Waals surface area contributed by atoms with Crippen LogP contribution in [0.25, 0.3) is 22.3 Å². The number of aryl methyl sites for hydroxylation is 1. The van der Waals surface area contributed by atoms with Gasteiger partial charge >= 0.3 is 6.18 Å². The molecule has 2 fully saturated rings. The molecule has 35 heavy (non-hydrogen) atoms. The quantitative estimate of drug-likeness (QED) is 0.414. The molecule has 0 amide bonds. The molecule has 1 aliphatic carbocycles. The number of likely N-dealkylation sites (tertiary alicyclic amines) is 1. The van der Waals surface area contributed by atoms with Crippen molar-refractivity contribution in [3.63, 3.8) is 0 Å². The van der Waals surface area contributed by atoms with Gasteiger partial charge in [-0.15, -0.1) is 0 Å². The third kappa shape index (κ3) is 4.66. The fourth-order valence-electron chi connectivity index (χ4n) is 6.01. The van der Waals surface area contributed by atoms with Gasteiger partial charge in [0.25, 0.3) is 0 Å². The summed E-state index contributed by atoms with van der Waals surface area (Å²) in [4.78, 5) is 11.8. The smallest absolute Gasteiger partial charge is 0.327 e. The fourth-order valence-corrected chi connectivity index (χ4v) is 6.01. The largest absolute Gasteiger partial charge is 0.416 e. The van der Waals surface area contributed by atoms with E-state index in [-0.39, 0.29) is 5.69 Å². The topological polar surface area (TPSA) is 57.7 Å². The van der Waals surface area contributed by atoms with Crippen LogP contribution < -0.4 is 0 Å². The van der Waals surface area contributed by atoms with Crippen molar-refractivity contribution in [2.24, 2.45) is 5.92 Å². The Morgan fingerprint density at radius 2 is 1.86 bits per heavy atom. The minimum Gasteiger partial charge on any atom is -0.327 e. The number of halogens is 3. The average molecular weight is 482 g/mol. The lowest BCUT2D eigenvalue weighted by atomic mass is 9.83. The molecule has 1 aromatic carbocycles. The zero-order chi connectivity index (χ0) is 24.6. The van der Waals surface area contributed by atoms with Crippen LogP contribution in [0.3, 0.4) is 0 Å². The van der Waals surface area contributed by atoms with E-state index < -0.39 is 11.7 Å². The average Bonchev–Trinajstić information content (AvgIpc) is 3.47. The monoisotopic (exact) mass is 481 g/mol. The molecule has 184 valence electrons. The van der Waals surface area contributed by atoms with Crippen LogP contribution >= 0.6 is 0 Å². The van der Waals surface area contributed by atoms with E-state index >= 15 is 0 Å². The second-order valence-corrected chi connectivity index (χ2v) is 9.76. The first-order valence-corrected chi connectivity index (χ1v) is 12.6. The first-order valence-electron chi connectivity index (χ1n) is 12.6. The molecule has 0 N–H and O–H groups in total. The molecule has 2 aromatic heterocycles. The standard InChI is InChI=1S/C27H30F3N5/c1-2-35-24-15-21(19-10-6-11-20(14-19)27(28,29)30)32-22(16-31)26(24)33-25(35)17-34-13-7-12-23(34)18-8-4-3-5-9-18/h6,10-11,14-15,18,23H,2-5,7-9,12-13,17H2,1H3/t23-/m1/s1. The maximum Gasteiger partial charge on any atom is 0.416 e. The Hall–Kier alpha value is -2.92. The molecular formula is C27H30F3N5. The molecule has 0 bridgehead atoms. The Morgan fingerprint density at radius 1 is 1.06 bits per heavy atom.